The van der Waals surface area contributed by atoms with Crippen molar-refractivity contribution in [2.24, 2.45) is 5.10 Å². The number of hydrogen-bond acceptors (Lipinski definition) is 10. The summed E-state index contributed by atoms with van der Waals surface area (Å²) >= 11 is 1.73. The second-order valence-corrected chi connectivity index (χ2v) is 6.47. The van der Waals surface area contributed by atoms with Crippen molar-refractivity contribution in [3.8, 4) is 0 Å². The number of imidazole rings is 1. The van der Waals surface area contributed by atoms with Gasteiger partial charge in [0.2, 0.25) is 0 Å². The molecule has 0 aromatic carbocycles. The summed E-state index contributed by atoms with van der Waals surface area (Å²) in [6.07, 6.45) is 3.26. The van der Waals surface area contributed by atoms with Gasteiger partial charge in [-0.1, -0.05) is 0 Å². The lowest BCUT2D eigenvalue weighted by molar-refractivity contribution is -0.0511. The van der Waals surface area contributed by atoms with Crippen LogP contribution in [0.2, 0.25) is 0 Å². The Hall–Kier alpha value is -1.79. The van der Waals surface area contributed by atoms with Gasteiger partial charge in [-0.05, 0) is 18.4 Å². The molecule has 4 unspecified atom stereocenters. The molecule has 2 aromatic heterocycles. The minimum Gasteiger partial charge on any atom is -0.394 e. The van der Waals surface area contributed by atoms with E-state index in [1.165, 1.54) is 17.2 Å². The number of hydrogen-bond donors (Lipinski definition) is 4. The Morgan fingerprint density at radius 1 is 1.36 bits per heavy atom. The van der Waals surface area contributed by atoms with Crippen molar-refractivity contribution in [3.05, 3.63) is 12.7 Å². The molecule has 0 spiro atoms. The summed E-state index contributed by atoms with van der Waals surface area (Å²) in [5.74, 6) is 1.40. The number of aromatic nitrogens is 4. The van der Waals surface area contributed by atoms with Crippen LogP contribution in [-0.2, 0) is 4.74 Å². The maximum atomic E-state index is 10.2. The van der Waals surface area contributed by atoms with Crippen molar-refractivity contribution in [2.45, 2.75) is 31.0 Å². The molecule has 0 bridgehead atoms. The van der Waals surface area contributed by atoms with E-state index in [1.807, 2.05) is 6.26 Å². The SMILES string of the molecule is CSCC/C=N/Nc1ncnc2c1ncn2C1OC(CO)C(O)C1O. The van der Waals surface area contributed by atoms with Crippen LogP contribution in [0.4, 0.5) is 5.82 Å². The first-order valence-corrected chi connectivity index (χ1v) is 9.13. The van der Waals surface area contributed by atoms with Crippen LogP contribution in [0.5, 0.6) is 0 Å². The van der Waals surface area contributed by atoms with Gasteiger partial charge >= 0.3 is 0 Å². The van der Waals surface area contributed by atoms with Crippen molar-refractivity contribution in [1.82, 2.24) is 19.5 Å². The highest BCUT2D eigenvalue weighted by Crippen LogP contribution is 2.31. The maximum Gasteiger partial charge on any atom is 0.177 e. The predicted octanol–water partition coefficient (Wildman–Crippen LogP) is -0.411. The molecule has 3 rings (SSSR count). The number of thioether (sulfide) groups is 1. The fourth-order valence-electron chi connectivity index (χ4n) is 2.57. The highest BCUT2D eigenvalue weighted by molar-refractivity contribution is 7.98. The molecule has 3 heterocycles. The zero-order chi connectivity index (χ0) is 17.8. The molecule has 4 atom stereocenters. The van der Waals surface area contributed by atoms with Crippen molar-refractivity contribution in [3.63, 3.8) is 0 Å². The fourth-order valence-corrected chi connectivity index (χ4v) is 2.91. The van der Waals surface area contributed by atoms with E-state index in [4.69, 9.17) is 4.74 Å². The van der Waals surface area contributed by atoms with Crippen molar-refractivity contribution < 1.29 is 20.1 Å². The van der Waals surface area contributed by atoms with E-state index in [-0.39, 0.29) is 0 Å². The van der Waals surface area contributed by atoms with Crippen LogP contribution in [0, 0.1) is 0 Å². The van der Waals surface area contributed by atoms with Crippen LogP contribution in [-0.4, -0.2) is 78.0 Å². The molecule has 4 N–H and O–H groups in total. The average molecular weight is 368 g/mol. The van der Waals surface area contributed by atoms with E-state index in [9.17, 15) is 15.3 Å². The highest BCUT2D eigenvalue weighted by atomic mass is 32.2. The Morgan fingerprint density at radius 3 is 2.92 bits per heavy atom. The van der Waals surface area contributed by atoms with Crippen LogP contribution >= 0.6 is 11.8 Å². The highest BCUT2D eigenvalue weighted by Gasteiger charge is 2.44. The molecule has 10 nitrogen and oxygen atoms in total. The average Bonchev–Trinajstić information content (AvgIpc) is 3.17. The zero-order valence-electron chi connectivity index (χ0n) is 13.6. The van der Waals surface area contributed by atoms with Crippen molar-refractivity contribution >= 4 is 35.0 Å². The minimum atomic E-state index is -1.20. The summed E-state index contributed by atoms with van der Waals surface area (Å²) in [6.45, 7) is -0.395. The van der Waals surface area contributed by atoms with Gasteiger partial charge in [-0.25, -0.2) is 15.0 Å². The van der Waals surface area contributed by atoms with Crippen molar-refractivity contribution in [1.29, 1.82) is 0 Å². The maximum absolute atomic E-state index is 10.2. The van der Waals surface area contributed by atoms with Crippen LogP contribution in [0.25, 0.3) is 11.2 Å². The van der Waals surface area contributed by atoms with Crippen LogP contribution in [0.15, 0.2) is 17.8 Å². The number of hydrazone groups is 1. The summed E-state index contributed by atoms with van der Waals surface area (Å²) < 4.78 is 7.02. The second kappa shape index (κ2) is 8.06. The van der Waals surface area contributed by atoms with E-state index in [2.05, 4.69) is 25.5 Å². The number of aliphatic hydroxyl groups excluding tert-OH is 3. The lowest BCUT2D eigenvalue weighted by atomic mass is 10.1. The molecule has 1 saturated heterocycles. The van der Waals surface area contributed by atoms with Crippen LogP contribution in [0.1, 0.15) is 12.6 Å². The molecule has 1 fully saturated rings. The van der Waals surface area contributed by atoms with Gasteiger partial charge in [0.05, 0.1) is 12.9 Å². The molecular formula is C14H20N6O4S. The number of aliphatic hydroxyl groups is 3. The fraction of sp³-hybridized carbons (Fsp3) is 0.571. The van der Waals surface area contributed by atoms with E-state index >= 15 is 0 Å². The molecule has 1 aliphatic heterocycles. The Labute approximate surface area is 148 Å². The number of rotatable bonds is 7. The smallest absolute Gasteiger partial charge is 0.177 e. The molecular weight excluding hydrogens is 348 g/mol. The molecule has 25 heavy (non-hydrogen) atoms. The Bertz CT molecular complexity index is 741. The Kier molecular flexibility index (Phi) is 5.81. The van der Waals surface area contributed by atoms with E-state index < -0.39 is 31.1 Å². The Balaban J connectivity index is 1.83. The van der Waals surface area contributed by atoms with Gasteiger partial charge in [0.1, 0.15) is 24.6 Å². The largest absolute Gasteiger partial charge is 0.394 e. The quantitative estimate of drug-likeness (QED) is 0.292. The van der Waals surface area contributed by atoms with E-state index in [0.29, 0.717) is 17.0 Å². The lowest BCUT2D eigenvalue weighted by Crippen LogP contribution is -2.33. The molecule has 1 aliphatic rings. The standard InChI is InChI=1S/C14H20N6O4S/c1-25-4-2-3-18-19-12-9-13(16-6-15-12)20(7-17-9)14-11(23)10(22)8(5-21)24-14/h3,6-8,10-11,14,21-23H,2,4-5H2,1H3,(H,15,16,19)/b18-3+. The number of fused-ring (bicyclic) bond motifs is 1. The molecule has 0 aliphatic carbocycles. The van der Waals surface area contributed by atoms with Gasteiger partial charge in [-0.3, -0.25) is 9.99 Å². The van der Waals surface area contributed by atoms with Gasteiger partial charge in [0, 0.05) is 6.21 Å². The number of anilines is 1. The second-order valence-electron chi connectivity index (χ2n) is 5.48. The number of nitrogens with one attached hydrogen (secondary N) is 1. The molecule has 0 amide bonds. The third-order valence-corrected chi connectivity index (χ3v) is 4.51. The van der Waals surface area contributed by atoms with Gasteiger partial charge < -0.3 is 20.1 Å². The van der Waals surface area contributed by atoms with Crippen LogP contribution in [0.3, 0.4) is 0 Å². The van der Waals surface area contributed by atoms with Crippen LogP contribution < -0.4 is 5.43 Å². The monoisotopic (exact) mass is 368 g/mol. The Morgan fingerprint density at radius 2 is 2.20 bits per heavy atom. The van der Waals surface area contributed by atoms with Crippen molar-refractivity contribution in [2.75, 3.05) is 24.0 Å². The normalized spacial score (nSPS) is 26.7. The third kappa shape index (κ3) is 3.60. The summed E-state index contributed by atoms with van der Waals surface area (Å²) in [5, 5.41) is 33.4. The minimum absolute atomic E-state index is 0.395. The molecule has 0 saturated carbocycles. The first-order chi connectivity index (χ1) is 12.2. The zero-order valence-corrected chi connectivity index (χ0v) is 14.4. The molecule has 11 heteroatoms. The summed E-state index contributed by atoms with van der Waals surface area (Å²) in [7, 11) is 0. The summed E-state index contributed by atoms with van der Waals surface area (Å²) in [4.78, 5) is 12.5. The van der Waals surface area contributed by atoms with Gasteiger partial charge in [-0.2, -0.15) is 16.9 Å². The van der Waals surface area contributed by atoms with E-state index in [1.54, 1.807) is 18.0 Å². The summed E-state index contributed by atoms with van der Waals surface area (Å²) in [5.41, 5.74) is 3.71. The third-order valence-electron chi connectivity index (χ3n) is 3.86. The number of ether oxygens (including phenoxy) is 1. The number of nitrogens with zero attached hydrogens (tertiary/aromatic N) is 5. The first kappa shape index (κ1) is 18.0. The van der Waals surface area contributed by atoms with Gasteiger partial charge in [0.25, 0.3) is 0 Å². The topological polar surface area (TPSA) is 138 Å². The lowest BCUT2D eigenvalue weighted by Gasteiger charge is -2.16. The van der Waals surface area contributed by atoms with Gasteiger partial charge in [-0.15, -0.1) is 0 Å². The molecule has 0 radical (unpaired) electrons. The predicted molar refractivity (Wildman–Crippen MR) is 93.4 cm³/mol. The molecule has 2 aromatic rings. The summed E-state index contributed by atoms with van der Waals surface area (Å²) in [6, 6.07) is 0. The molecule has 136 valence electrons. The van der Waals surface area contributed by atoms with Gasteiger partial charge in [0.15, 0.2) is 23.2 Å². The first-order valence-electron chi connectivity index (χ1n) is 7.73. The van der Waals surface area contributed by atoms with E-state index in [0.717, 1.165) is 12.2 Å².